The van der Waals surface area contributed by atoms with Crippen molar-refractivity contribution in [3.8, 4) is 0 Å². The van der Waals surface area contributed by atoms with Crippen molar-refractivity contribution >= 4 is 21.4 Å². The van der Waals surface area contributed by atoms with E-state index in [1.807, 2.05) is 0 Å². The molecule has 0 amide bonds. The van der Waals surface area contributed by atoms with Gasteiger partial charge in [0, 0.05) is 18.4 Å². The zero-order valence-corrected chi connectivity index (χ0v) is 12.0. The van der Waals surface area contributed by atoms with Crippen LogP contribution in [-0.4, -0.2) is 15.5 Å². The van der Waals surface area contributed by atoms with Gasteiger partial charge in [0.25, 0.3) is 10.0 Å². The van der Waals surface area contributed by atoms with Crippen LogP contribution < -0.4 is 10.0 Å². The molecule has 0 heterocycles. The highest BCUT2D eigenvalue weighted by molar-refractivity contribution is 7.92. The number of rotatable bonds is 4. The lowest BCUT2D eigenvalue weighted by molar-refractivity contribution is 0.570. The first-order valence-corrected chi connectivity index (χ1v) is 7.47. The van der Waals surface area contributed by atoms with E-state index < -0.39 is 15.8 Å². The smallest absolute Gasteiger partial charge is 0.264 e. The molecule has 2 aromatic rings. The van der Waals surface area contributed by atoms with Crippen LogP contribution in [0.2, 0.25) is 0 Å². The van der Waals surface area contributed by atoms with E-state index in [1.165, 1.54) is 12.1 Å². The predicted octanol–water partition coefficient (Wildman–Crippen LogP) is 2.98. The number of benzene rings is 2. The van der Waals surface area contributed by atoms with Gasteiger partial charge in [0.1, 0.15) is 10.7 Å². The van der Waals surface area contributed by atoms with Gasteiger partial charge in [0.2, 0.25) is 0 Å². The van der Waals surface area contributed by atoms with Gasteiger partial charge in [-0.2, -0.15) is 0 Å². The first-order valence-electron chi connectivity index (χ1n) is 5.99. The average Bonchev–Trinajstić information content (AvgIpc) is 2.42. The maximum atomic E-state index is 13.7. The highest BCUT2D eigenvalue weighted by atomic mass is 32.2. The standard InChI is InChI=1S/C14H15FN2O2S/c1-10-3-8-13(15)14(9-10)20(18,19)17-12-6-4-11(16-2)5-7-12/h3-9,16-17H,1-2H3. The Labute approximate surface area is 117 Å². The summed E-state index contributed by atoms with van der Waals surface area (Å²) in [5, 5.41) is 2.93. The van der Waals surface area contributed by atoms with Gasteiger partial charge < -0.3 is 5.32 Å². The zero-order valence-electron chi connectivity index (χ0n) is 11.1. The lowest BCUT2D eigenvalue weighted by Gasteiger charge is -2.10. The first-order chi connectivity index (χ1) is 9.42. The van der Waals surface area contributed by atoms with E-state index in [2.05, 4.69) is 10.0 Å². The van der Waals surface area contributed by atoms with Gasteiger partial charge in [-0.1, -0.05) is 6.07 Å². The highest BCUT2D eigenvalue weighted by Gasteiger charge is 2.19. The Morgan fingerprint density at radius 3 is 2.20 bits per heavy atom. The molecule has 0 spiro atoms. The van der Waals surface area contributed by atoms with E-state index in [1.54, 1.807) is 38.2 Å². The summed E-state index contributed by atoms with van der Waals surface area (Å²) in [6, 6.07) is 10.6. The van der Waals surface area contributed by atoms with Gasteiger partial charge in [0.05, 0.1) is 0 Å². The van der Waals surface area contributed by atoms with Crippen molar-refractivity contribution in [2.24, 2.45) is 0 Å². The topological polar surface area (TPSA) is 58.2 Å². The number of aryl methyl sites for hydroxylation is 1. The SMILES string of the molecule is CNc1ccc(NS(=O)(=O)c2cc(C)ccc2F)cc1. The van der Waals surface area contributed by atoms with Gasteiger partial charge in [-0.05, 0) is 48.9 Å². The van der Waals surface area contributed by atoms with E-state index in [4.69, 9.17) is 0 Å². The van der Waals surface area contributed by atoms with E-state index in [-0.39, 0.29) is 4.90 Å². The van der Waals surface area contributed by atoms with Crippen molar-refractivity contribution in [3.05, 3.63) is 53.8 Å². The molecule has 0 unspecified atom stereocenters. The van der Waals surface area contributed by atoms with Crippen LogP contribution in [-0.2, 0) is 10.0 Å². The van der Waals surface area contributed by atoms with Crippen LogP contribution in [0.25, 0.3) is 0 Å². The molecule has 2 rings (SSSR count). The molecule has 0 radical (unpaired) electrons. The van der Waals surface area contributed by atoms with E-state index >= 15 is 0 Å². The fourth-order valence-electron chi connectivity index (χ4n) is 1.73. The molecule has 6 heteroatoms. The number of sulfonamides is 1. The highest BCUT2D eigenvalue weighted by Crippen LogP contribution is 2.21. The third-order valence-electron chi connectivity index (χ3n) is 2.80. The van der Waals surface area contributed by atoms with Gasteiger partial charge >= 0.3 is 0 Å². The number of halogens is 1. The lowest BCUT2D eigenvalue weighted by atomic mass is 10.2. The number of anilines is 2. The monoisotopic (exact) mass is 294 g/mol. The molecule has 0 saturated carbocycles. The lowest BCUT2D eigenvalue weighted by Crippen LogP contribution is -2.14. The molecule has 0 aromatic heterocycles. The molecule has 20 heavy (non-hydrogen) atoms. The summed E-state index contributed by atoms with van der Waals surface area (Å²) in [4.78, 5) is -0.352. The van der Waals surface area contributed by atoms with Crippen molar-refractivity contribution in [1.82, 2.24) is 0 Å². The second-order valence-electron chi connectivity index (χ2n) is 4.37. The van der Waals surface area contributed by atoms with Gasteiger partial charge in [-0.25, -0.2) is 12.8 Å². The van der Waals surface area contributed by atoms with Gasteiger partial charge in [-0.15, -0.1) is 0 Å². The van der Waals surface area contributed by atoms with E-state index in [9.17, 15) is 12.8 Å². The largest absolute Gasteiger partial charge is 0.388 e. The Hall–Kier alpha value is -2.08. The number of hydrogen-bond donors (Lipinski definition) is 2. The molecule has 0 fully saturated rings. The first kappa shape index (κ1) is 14.3. The molecule has 2 N–H and O–H groups in total. The fraction of sp³-hybridized carbons (Fsp3) is 0.143. The quantitative estimate of drug-likeness (QED) is 0.911. The van der Waals surface area contributed by atoms with Crippen LogP contribution in [0.5, 0.6) is 0 Å². The molecule has 0 aliphatic rings. The summed E-state index contributed by atoms with van der Waals surface area (Å²) < 4.78 is 40.3. The fourth-order valence-corrected chi connectivity index (χ4v) is 2.95. The van der Waals surface area contributed by atoms with Gasteiger partial charge in [0.15, 0.2) is 0 Å². The molecule has 0 aliphatic carbocycles. The Morgan fingerprint density at radius 2 is 1.60 bits per heavy atom. The minimum absolute atomic E-state index is 0.352. The van der Waals surface area contributed by atoms with Crippen molar-refractivity contribution in [3.63, 3.8) is 0 Å². The minimum Gasteiger partial charge on any atom is -0.388 e. The molecular formula is C14H15FN2O2S. The third-order valence-corrected chi connectivity index (χ3v) is 4.20. The summed E-state index contributed by atoms with van der Waals surface area (Å²) in [6.07, 6.45) is 0. The van der Waals surface area contributed by atoms with Crippen molar-refractivity contribution < 1.29 is 12.8 Å². The van der Waals surface area contributed by atoms with Crippen molar-refractivity contribution in [2.45, 2.75) is 11.8 Å². The Morgan fingerprint density at radius 1 is 1.00 bits per heavy atom. The molecule has 0 bridgehead atoms. The summed E-state index contributed by atoms with van der Waals surface area (Å²) in [6.45, 7) is 1.71. The van der Waals surface area contributed by atoms with E-state index in [0.29, 0.717) is 11.3 Å². The average molecular weight is 294 g/mol. The van der Waals surface area contributed by atoms with Crippen LogP contribution >= 0.6 is 0 Å². The molecule has 106 valence electrons. The molecule has 4 nitrogen and oxygen atoms in total. The summed E-state index contributed by atoms with van der Waals surface area (Å²) >= 11 is 0. The van der Waals surface area contributed by atoms with Crippen LogP contribution in [0.1, 0.15) is 5.56 Å². The van der Waals surface area contributed by atoms with Crippen LogP contribution in [0, 0.1) is 12.7 Å². The minimum atomic E-state index is -3.93. The third kappa shape index (κ3) is 3.08. The second-order valence-corrected chi connectivity index (χ2v) is 6.02. The Kier molecular flexibility index (Phi) is 3.94. The molecule has 0 saturated heterocycles. The molecular weight excluding hydrogens is 279 g/mol. The zero-order chi connectivity index (χ0) is 14.8. The molecule has 2 aromatic carbocycles. The second kappa shape index (κ2) is 5.50. The maximum Gasteiger partial charge on any atom is 0.264 e. The van der Waals surface area contributed by atoms with Crippen molar-refractivity contribution in [1.29, 1.82) is 0 Å². The van der Waals surface area contributed by atoms with E-state index in [0.717, 1.165) is 11.8 Å². The van der Waals surface area contributed by atoms with Crippen LogP contribution in [0.15, 0.2) is 47.4 Å². The predicted molar refractivity (Wildman–Crippen MR) is 77.9 cm³/mol. The Bertz CT molecular complexity index is 712. The number of hydrogen-bond acceptors (Lipinski definition) is 3. The maximum absolute atomic E-state index is 13.7. The summed E-state index contributed by atoms with van der Waals surface area (Å²) in [5.74, 6) is -0.769. The van der Waals surface area contributed by atoms with Crippen LogP contribution in [0.4, 0.5) is 15.8 Å². The van der Waals surface area contributed by atoms with Crippen LogP contribution in [0.3, 0.4) is 0 Å². The normalized spacial score (nSPS) is 11.2. The summed E-state index contributed by atoms with van der Waals surface area (Å²) in [5.41, 5.74) is 1.91. The Balaban J connectivity index is 2.32. The molecule has 0 aliphatic heterocycles. The van der Waals surface area contributed by atoms with Gasteiger partial charge in [-0.3, -0.25) is 4.72 Å². The summed E-state index contributed by atoms with van der Waals surface area (Å²) in [7, 11) is -2.17. The number of nitrogens with one attached hydrogen (secondary N) is 2. The molecule has 0 atom stereocenters. The van der Waals surface area contributed by atoms with Crippen molar-refractivity contribution in [2.75, 3.05) is 17.1 Å².